The van der Waals surface area contributed by atoms with E-state index in [1.807, 2.05) is 0 Å². The summed E-state index contributed by atoms with van der Waals surface area (Å²) in [6, 6.07) is 9.08. The molecule has 0 saturated carbocycles. The molecule has 2 N–H and O–H groups in total. The molecule has 1 fully saturated rings. The lowest BCUT2D eigenvalue weighted by molar-refractivity contribution is 0.327. The SMILES string of the molecule is CN(C)c1cccc(CN2CCC(N)C2)c1. The maximum absolute atomic E-state index is 5.91. The minimum absolute atomic E-state index is 0.372. The fraction of sp³-hybridized carbons (Fsp3) is 0.538. The maximum Gasteiger partial charge on any atom is 0.0364 e. The Morgan fingerprint density at radius 2 is 2.25 bits per heavy atom. The Kier molecular flexibility index (Phi) is 3.46. The molecule has 1 aromatic carbocycles. The Morgan fingerprint density at radius 1 is 1.44 bits per heavy atom. The number of benzene rings is 1. The predicted octanol–water partition coefficient (Wildman–Crippen LogP) is 1.29. The quantitative estimate of drug-likeness (QED) is 0.831. The van der Waals surface area contributed by atoms with Crippen molar-refractivity contribution in [1.29, 1.82) is 0 Å². The molecule has 1 unspecified atom stereocenters. The van der Waals surface area contributed by atoms with Gasteiger partial charge in [0.2, 0.25) is 0 Å². The molecule has 1 atom stereocenters. The summed E-state index contributed by atoms with van der Waals surface area (Å²) in [4.78, 5) is 4.57. The zero-order chi connectivity index (χ0) is 11.5. The second-order valence-electron chi connectivity index (χ2n) is 4.85. The van der Waals surface area contributed by atoms with Crippen LogP contribution in [0.4, 0.5) is 5.69 Å². The van der Waals surface area contributed by atoms with Crippen LogP contribution in [-0.4, -0.2) is 38.1 Å². The summed E-state index contributed by atoms with van der Waals surface area (Å²) in [5.41, 5.74) is 8.55. The Labute approximate surface area is 97.8 Å². The molecule has 0 aliphatic carbocycles. The van der Waals surface area contributed by atoms with Crippen molar-refractivity contribution < 1.29 is 0 Å². The summed E-state index contributed by atoms with van der Waals surface area (Å²) < 4.78 is 0. The van der Waals surface area contributed by atoms with Gasteiger partial charge in [0.05, 0.1) is 0 Å². The first-order valence-corrected chi connectivity index (χ1v) is 5.89. The molecule has 1 aromatic rings. The molecule has 1 aliphatic rings. The van der Waals surface area contributed by atoms with Crippen LogP contribution in [0.3, 0.4) is 0 Å². The second-order valence-corrected chi connectivity index (χ2v) is 4.85. The van der Waals surface area contributed by atoms with Gasteiger partial charge in [-0.25, -0.2) is 0 Å². The Hall–Kier alpha value is -1.06. The van der Waals surface area contributed by atoms with Crippen LogP contribution in [0.25, 0.3) is 0 Å². The average Bonchev–Trinajstić information content (AvgIpc) is 2.64. The average molecular weight is 219 g/mol. The van der Waals surface area contributed by atoms with Crippen molar-refractivity contribution in [2.45, 2.75) is 19.0 Å². The molecule has 0 bridgehead atoms. The third-order valence-electron chi connectivity index (χ3n) is 3.14. The van der Waals surface area contributed by atoms with Gasteiger partial charge in [-0.05, 0) is 24.1 Å². The van der Waals surface area contributed by atoms with Gasteiger partial charge in [-0.15, -0.1) is 0 Å². The van der Waals surface area contributed by atoms with Crippen LogP contribution in [-0.2, 0) is 6.54 Å². The van der Waals surface area contributed by atoms with E-state index >= 15 is 0 Å². The topological polar surface area (TPSA) is 32.5 Å². The Morgan fingerprint density at radius 3 is 2.88 bits per heavy atom. The van der Waals surface area contributed by atoms with Crippen molar-refractivity contribution in [3.8, 4) is 0 Å². The summed E-state index contributed by atoms with van der Waals surface area (Å²) in [7, 11) is 4.15. The molecule has 88 valence electrons. The third-order valence-corrected chi connectivity index (χ3v) is 3.14. The lowest BCUT2D eigenvalue weighted by Crippen LogP contribution is -2.26. The molecule has 0 aromatic heterocycles. The summed E-state index contributed by atoms with van der Waals surface area (Å²) in [6.07, 6.45) is 1.13. The van der Waals surface area contributed by atoms with Crippen molar-refractivity contribution >= 4 is 5.69 Å². The van der Waals surface area contributed by atoms with Gasteiger partial charge in [-0.2, -0.15) is 0 Å². The number of likely N-dealkylation sites (tertiary alicyclic amines) is 1. The zero-order valence-electron chi connectivity index (χ0n) is 10.2. The molecule has 1 heterocycles. The largest absolute Gasteiger partial charge is 0.378 e. The van der Waals surface area contributed by atoms with E-state index in [1.165, 1.54) is 11.3 Å². The van der Waals surface area contributed by atoms with Crippen molar-refractivity contribution in [2.75, 3.05) is 32.1 Å². The number of nitrogens with two attached hydrogens (primary N) is 1. The van der Waals surface area contributed by atoms with Crippen LogP contribution < -0.4 is 10.6 Å². The van der Waals surface area contributed by atoms with Crippen molar-refractivity contribution in [3.05, 3.63) is 29.8 Å². The lowest BCUT2D eigenvalue weighted by atomic mass is 10.2. The predicted molar refractivity (Wildman–Crippen MR) is 68.6 cm³/mol. The van der Waals surface area contributed by atoms with E-state index in [4.69, 9.17) is 5.73 Å². The number of hydrogen-bond donors (Lipinski definition) is 1. The van der Waals surface area contributed by atoms with Crippen LogP contribution >= 0.6 is 0 Å². The minimum Gasteiger partial charge on any atom is -0.378 e. The number of nitrogens with zero attached hydrogens (tertiary/aromatic N) is 2. The molecule has 3 nitrogen and oxygen atoms in total. The highest BCUT2D eigenvalue weighted by Crippen LogP contribution is 2.17. The molecule has 2 rings (SSSR count). The highest BCUT2D eigenvalue weighted by atomic mass is 15.2. The van der Waals surface area contributed by atoms with Crippen molar-refractivity contribution in [1.82, 2.24) is 4.90 Å². The van der Waals surface area contributed by atoms with Gasteiger partial charge in [-0.1, -0.05) is 12.1 Å². The summed E-state index contributed by atoms with van der Waals surface area (Å²) in [6.45, 7) is 3.19. The van der Waals surface area contributed by atoms with E-state index in [-0.39, 0.29) is 0 Å². The van der Waals surface area contributed by atoms with Gasteiger partial charge in [0.25, 0.3) is 0 Å². The van der Waals surface area contributed by atoms with Crippen molar-refractivity contribution in [2.24, 2.45) is 5.73 Å². The molecular formula is C13H21N3. The van der Waals surface area contributed by atoms with Crippen LogP contribution in [0.15, 0.2) is 24.3 Å². The van der Waals surface area contributed by atoms with E-state index in [0.29, 0.717) is 6.04 Å². The van der Waals surface area contributed by atoms with Crippen LogP contribution in [0.2, 0.25) is 0 Å². The first kappa shape index (κ1) is 11.4. The van der Waals surface area contributed by atoms with E-state index in [1.54, 1.807) is 0 Å². The third kappa shape index (κ3) is 2.74. The molecule has 1 aliphatic heterocycles. The van der Waals surface area contributed by atoms with E-state index in [0.717, 1.165) is 26.1 Å². The molecule has 0 spiro atoms. The van der Waals surface area contributed by atoms with E-state index in [2.05, 4.69) is 48.2 Å². The maximum atomic E-state index is 5.91. The van der Waals surface area contributed by atoms with Gasteiger partial charge in [-0.3, -0.25) is 4.90 Å². The van der Waals surface area contributed by atoms with Gasteiger partial charge >= 0.3 is 0 Å². The van der Waals surface area contributed by atoms with Crippen molar-refractivity contribution in [3.63, 3.8) is 0 Å². The molecule has 1 saturated heterocycles. The van der Waals surface area contributed by atoms with Crippen LogP contribution in [0.1, 0.15) is 12.0 Å². The van der Waals surface area contributed by atoms with E-state index < -0.39 is 0 Å². The highest BCUT2D eigenvalue weighted by Gasteiger charge is 2.18. The standard InChI is InChI=1S/C13H21N3/c1-15(2)13-5-3-4-11(8-13)9-16-7-6-12(14)10-16/h3-5,8,12H,6-7,9-10,14H2,1-2H3. The van der Waals surface area contributed by atoms with Gasteiger partial charge in [0, 0.05) is 45.5 Å². The first-order valence-electron chi connectivity index (χ1n) is 5.89. The van der Waals surface area contributed by atoms with Gasteiger partial charge in [0.15, 0.2) is 0 Å². The second kappa shape index (κ2) is 4.85. The molecule has 0 radical (unpaired) electrons. The molecule has 3 heteroatoms. The van der Waals surface area contributed by atoms with E-state index in [9.17, 15) is 0 Å². The monoisotopic (exact) mass is 219 g/mol. The number of anilines is 1. The van der Waals surface area contributed by atoms with Gasteiger partial charge < -0.3 is 10.6 Å². The first-order chi connectivity index (χ1) is 7.65. The fourth-order valence-electron chi connectivity index (χ4n) is 2.20. The van der Waals surface area contributed by atoms with Crippen LogP contribution in [0, 0.1) is 0 Å². The summed E-state index contributed by atoms with van der Waals surface area (Å²) >= 11 is 0. The smallest absolute Gasteiger partial charge is 0.0364 e. The van der Waals surface area contributed by atoms with Gasteiger partial charge in [0.1, 0.15) is 0 Å². The molecule has 0 amide bonds. The highest BCUT2D eigenvalue weighted by molar-refractivity contribution is 5.47. The minimum atomic E-state index is 0.372. The summed E-state index contributed by atoms with van der Waals surface area (Å²) in [5.74, 6) is 0. The number of rotatable bonds is 3. The number of hydrogen-bond acceptors (Lipinski definition) is 3. The summed E-state index contributed by atoms with van der Waals surface area (Å²) in [5, 5.41) is 0. The van der Waals surface area contributed by atoms with Crippen LogP contribution in [0.5, 0.6) is 0 Å². The molecule has 16 heavy (non-hydrogen) atoms. The zero-order valence-corrected chi connectivity index (χ0v) is 10.2. The Bertz CT molecular complexity index is 349. The fourth-order valence-corrected chi connectivity index (χ4v) is 2.20. The normalized spacial score (nSPS) is 21.3. The molecular weight excluding hydrogens is 198 g/mol. The Balaban J connectivity index is 2.01. The lowest BCUT2D eigenvalue weighted by Gasteiger charge is -2.17.